The monoisotopic (exact) mass is 266 g/mol. The summed E-state index contributed by atoms with van der Waals surface area (Å²) in [4.78, 5) is 16.3. The van der Waals surface area contributed by atoms with Crippen LogP contribution in [0.4, 0.5) is 0 Å². The van der Waals surface area contributed by atoms with E-state index in [0.717, 1.165) is 32.6 Å². The largest absolute Gasteiger partial charge is 0.395 e. The fourth-order valence-electron chi connectivity index (χ4n) is 2.39. The van der Waals surface area contributed by atoms with E-state index in [1.165, 1.54) is 0 Å². The van der Waals surface area contributed by atoms with Gasteiger partial charge in [0.1, 0.15) is 0 Å². The summed E-state index contributed by atoms with van der Waals surface area (Å²) in [6.07, 6.45) is 5.08. The van der Waals surface area contributed by atoms with E-state index in [-0.39, 0.29) is 12.5 Å². The highest BCUT2D eigenvalue weighted by Crippen LogP contribution is 2.05. The quantitative estimate of drug-likeness (QED) is 0.802. The molecule has 1 fully saturated rings. The molecule has 106 valence electrons. The highest BCUT2D eigenvalue weighted by molar-refractivity contribution is 5.76. The van der Waals surface area contributed by atoms with Gasteiger partial charge >= 0.3 is 0 Å². The van der Waals surface area contributed by atoms with Crippen molar-refractivity contribution in [2.75, 3.05) is 39.3 Å². The molecule has 0 spiro atoms. The van der Waals surface area contributed by atoms with Crippen LogP contribution in [0.25, 0.3) is 0 Å². The Morgan fingerprint density at radius 3 is 2.84 bits per heavy atom. The van der Waals surface area contributed by atoms with Crippen LogP contribution in [0.15, 0.2) is 18.5 Å². The van der Waals surface area contributed by atoms with Crippen molar-refractivity contribution in [2.24, 2.45) is 0 Å². The number of carbonyl (C=O) groups is 1. The smallest absolute Gasteiger partial charge is 0.224 e. The molecule has 1 aromatic rings. The Morgan fingerprint density at radius 2 is 2.11 bits per heavy atom. The Bertz CT molecular complexity index is 380. The lowest BCUT2D eigenvalue weighted by molar-refractivity contribution is -0.131. The zero-order valence-electron chi connectivity index (χ0n) is 11.2. The number of aromatic nitrogens is 2. The summed E-state index contributed by atoms with van der Waals surface area (Å²) in [5.41, 5.74) is 0. The lowest BCUT2D eigenvalue weighted by Crippen LogP contribution is -2.36. The molecule has 1 amide bonds. The number of hydrogen-bond donors (Lipinski definition) is 1. The van der Waals surface area contributed by atoms with Crippen LogP contribution in [-0.2, 0) is 11.3 Å². The van der Waals surface area contributed by atoms with E-state index in [1.54, 1.807) is 10.9 Å². The summed E-state index contributed by atoms with van der Waals surface area (Å²) in [7, 11) is 0. The van der Waals surface area contributed by atoms with E-state index in [4.69, 9.17) is 5.11 Å². The summed E-state index contributed by atoms with van der Waals surface area (Å²) in [6, 6.07) is 1.86. The highest BCUT2D eigenvalue weighted by Gasteiger charge is 2.18. The Balaban J connectivity index is 1.76. The maximum Gasteiger partial charge on any atom is 0.224 e. The van der Waals surface area contributed by atoms with Gasteiger partial charge in [-0.25, -0.2) is 0 Å². The molecule has 2 heterocycles. The van der Waals surface area contributed by atoms with Gasteiger partial charge in [0.05, 0.1) is 6.61 Å². The average Bonchev–Trinajstić information content (AvgIpc) is 2.82. The molecule has 2 rings (SSSR count). The lowest BCUT2D eigenvalue weighted by Gasteiger charge is -2.21. The van der Waals surface area contributed by atoms with E-state index >= 15 is 0 Å². The normalized spacial score (nSPS) is 17.4. The van der Waals surface area contributed by atoms with Crippen molar-refractivity contribution >= 4 is 5.91 Å². The highest BCUT2D eigenvalue weighted by atomic mass is 16.3. The predicted molar refractivity (Wildman–Crippen MR) is 71.6 cm³/mol. The molecule has 1 aliphatic heterocycles. The number of carbonyl (C=O) groups excluding carboxylic acids is 1. The van der Waals surface area contributed by atoms with Crippen LogP contribution < -0.4 is 0 Å². The van der Waals surface area contributed by atoms with Crippen LogP contribution in [0.2, 0.25) is 0 Å². The third kappa shape index (κ3) is 4.33. The van der Waals surface area contributed by atoms with Gasteiger partial charge in [0.15, 0.2) is 0 Å². The molecule has 1 aromatic heterocycles. The number of aliphatic hydroxyl groups is 1. The number of aliphatic hydroxyl groups excluding tert-OH is 1. The predicted octanol–water partition coefficient (Wildman–Crippen LogP) is -0.200. The molecular formula is C13H22N4O2. The molecule has 0 aromatic carbocycles. The molecule has 0 saturated carbocycles. The second-order valence-electron chi connectivity index (χ2n) is 4.82. The number of β-amino-alcohol motifs (C(OH)–C–C–N with tert-alkyl or cyclic N) is 1. The SMILES string of the molecule is O=C(CCn1cccn1)N1CCCN(CCO)CC1. The number of nitrogens with zero attached hydrogens (tertiary/aromatic N) is 4. The Labute approximate surface area is 113 Å². The molecule has 6 heteroatoms. The second-order valence-corrected chi connectivity index (χ2v) is 4.82. The number of rotatable bonds is 5. The number of hydrogen-bond acceptors (Lipinski definition) is 4. The lowest BCUT2D eigenvalue weighted by atomic mass is 10.3. The molecule has 0 aliphatic carbocycles. The summed E-state index contributed by atoms with van der Waals surface area (Å²) in [5.74, 6) is 0.196. The minimum Gasteiger partial charge on any atom is -0.395 e. The van der Waals surface area contributed by atoms with Gasteiger partial charge in [0.2, 0.25) is 5.91 Å². The number of amides is 1. The minimum absolute atomic E-state index is 0.188. The fourth-order valence-corrected chi connectivity index (χ4v) is 2.39. The van der Waals surface area contributed by atoms with E-state index in [9.17, 15) is 4.79 Å². The van der Waals surface area contributed by atoms with Gasteiger partial charge in [-0.1, -0.05) is 0 Å². The van der Waals surface area contributed by atoms with E-state index in [2.05, 4.69) is 10.00 Å². The molecule has 0 radical (unpaired) electrons. The average molecular weight is 266 g/mol. The first kappa shape index (κ1) is 14.0. The zero-order chi connectivity index (χ0) is 13.5. The minimum atomic E-state index is 0.188. The first-order valence-electron chi connectivity index (χ1n) is 6.88. The van der Waals surface area contributed by atoms with E-state index < -0.39 is 0 Å². The van der Waals surface area contributed by atoms with Gasteiger partial charge in [0.25, 0.3) is 0 Å². The Hall–Kier alpha value is -1.40. The fraction of sp³-hybridized carbons (Fsp3) is 0.692. The topological polar surface area (TPSA) is 61.6 Å². The second kappa shape index (κ2) is 7.25. The van der Waals surface area contributed by atoms with E-state index in [0.29, 0.717) is 19.5 Å². The molecule has 6 nitrogen and oxygen atoms in total. The van der Waals surface area contributed by atoms with Crippen LogP contribution in [0.1, 0.15) is 12.8 Å². The molecular weight excluding hydrogens is 244 g/mol. The van der Waals surface area contributed by atoms with Crippen molar-refractivity contribution in [3.63, 3.8) is 0 Å². The Kier molecular flexibility index (Phi) is 5.35. The standard InChI is InChI=1S/C13H22N4O2/c18-12-11-15-5-2-6-16(10-9-15)13(19)3-8-17-7-1-4-14-17/h1,4,7,18H,2-3,5-6,8-12H2. The molecule has 19 heavy (non-hydrogen) atoms. The summed E-state index contributed by atoms with van der Waals surface area (Å²) in [6.45, 7) is 4.93. The van der Waals surface area contributed by atoms with Crippen LogP contribution in [-0.4, -0.2) is 69.9 Å². The van der Waals surface area contributed by atoms with Gasteiger partial charge in [-0.05, 0) is 19.0 Å². The maximum atomic E-state index is 12.1. The number of aryl methyl sites for hydroxylation is 1. The third-order valence-corrected chi connectivity index (χ3v) is 3.47. The maximum absolute atomic E-state index is 12.1. The first-order chi connectivity index (χ1) is 9.29. The van der Waals surface area contributed by atoms with Crippen molar-refractivity contribution in [3.05, 3.63) is 18.5 Å². The summed E-state index contributed by atoms with van der Waals surface area (Å²) in [5, 5.41) is 13.0. The van der Waals surface area contributed by atoms with Crippen LogP contribution in [0.5, 0.6) is 0 Å². The summed E-state index contributed by atoms with van der Waals surface area (Å²) < 4.78 is 1.79. The van der Waals surface area contributed by atoms with Crippen molar-refractivity contribution in [1.29, 1.82) is 0 Å². The van der Waals surface area contributed by atoms with Crippen LogP contribution in [0.3, 0.4) is 0 Å². The molecule has 0 atom stereocenters. The molecule has 1 aliphatic rings. The summed E-state index contributed by atoms with van der Waals surface area (Å²) >= 11 is 0. The molecule has 1 saturated heterocycles. The third-order valence-electron chi connectivity index (χ3n) is 3.47. The van der Waals surface area contributed by atoms with Crippen molar-refractivity contribution in [2.45, 2.75) is 19.4 Å². The van der Waals surface area contributed by atoms with Gasteiger partial charge < -0.3 is 10.0 Å². The van der Waals surface area contributed by atoms with Crippen molar-refractivity contribution in [1.82, 2.24) is 19.6 Å². The van der Waals surface area contributed by atoms with Gasteiger partial charge in [0, 0.05) is 51.5 Å². The molecule has 0 bridgehead atoms. The van der Waals surface area contributed by atoms with Crippen LogP contribution >= 0.6 is 0 Å². The van der Waals surface area contributed by atoms with Crippen molar-refractivity contribution < 1.29 is 9.90 Å². The van der Waals surface area contributed by atoms with Gasteiger partial charge in [-0.2, -0.15) is 5.10 Å². The zero-order valence-corrected chi connectivity index (χ0v) is 11.2. The van der Waals surface area contributed by atoms with Gasteiger partial charge in [-0.3, -0.25) is 14.4 Å². The molecule has 1 N–H and O–H groups in total. The molecule has 0 unspecified atom stereocenters. The van der Waals surface area contributed by atoms with Gasteiger partial charge in [-0.15, -0.1) is 0 Å². The van der Waals surface area contributed by atoms with Crippen LogP contribution in [0, 0.1) is 0 Å². The first-order valence-corrected chi connectivity index (χ1v) is 6.88. The Morgan fingerprint density at radius 1 is 1.21 bits per heavy atom. The van der Waals surface area contributed by atoms with E-state index in [1.807, 2.05) is 17.2 Å². The van der Waals surface area contributed by atoms with Crippen molar-refractivity contribution in [3.8, 4) is 0 Å².